The maximum Gasteiger partial charge on any atom is 0.423 e. The number of alkyl halides is 4. The molecule has 106 valence electrons. The molecule has 0 aromatic carbocycles. The van der Waals surface area contributed by atoms with Crippen molar-refractivity contribution in [3.8, 4) is 0 Å². The van der Waals surface area contributed by atoms with Crippen LogP contribution in [0.1, 0.15) is 13.8 Å². The lowest BCUT2D eigenvalue weighted by molar-refractivity contribution is -0.210. The fraction of sp³-hybridized carbons (Fsp3) is 0.900. The van der Waals surface area contributed by atoms with Gasteiger partial charge in [-0.15, -0.1) is 0 Å². The van der Waals surface area contributed by atoms with Gasteiger partial charge in [0.25, 0.3) is 5.91 Å². The van der Waals surface area contributed by atoms with Crippen molar-refractivity contribution in [1.29, 1.82) is 0 Å². The molecule has 0 aromatic rings. The molecular formula is C10H16F4N2O2. The molecule has 0 saturated carbocycles. The van der Waals surface area contributed by atoms with E-state index in [4.69, 9.17) is 5.11 Å². The fourth-order valence-electron chi connectivity index (χ4n) is 1.84. The van der Waals surface area contributed by atoms with Crippen molar-refractivity contribution >= 4 is 5.91 Å². The van der Waals surface area contributed by atoms with Crippen molar-refractivity contribution in [2.24, 2.45) is 0 Å². The van der Waals surface area contributed by atoms with E-state index >= 15 is 0 Å². The third kappa shape index (κ3) is 3.55. The minimum Gasteiger partial charge on any atom is -0.376 e. The van der Waals surface area contributed by atoms with E-state index in [2.05, 4.69) is 5.32 Å². The first kappa shape index (κ1) is 15.2. The second-order valence-electron chi connectivity index (χ2n) is 4.63. The van der Waals surface area contributed by atoms with E-state index in [1.54, 1.807) is 13.8 Å². The van der Waals surface area contributed by atoms with E-state index in [0.29, 0.717) is 4.90 Å². The van der Waals surface area contributed by atoms with E-state index in [1.165, 1.54) is 0 Å². The quantitative estimate of drug-likeness (QED) is 0.734. The second-order valence-corrected chi connectivity index (χ2v) is 4.63. The zero-order valence-electron chi connectivity index (χ0n) is 10.0. The number of hydrogen-bond acceptors (Lipinski definition) is 3. The number of nitrogens with zero attached hydrogens (tertiary/aromatic N) is 1. The van der Waals surface area contributed by atoms with Crippen LogP contribution in [-0.2, 0) is 4.79 Å². The Kier molecular flexibility index (Phi) is 4.55. The fourth-order valence-corrected chi connectivity index (χ4v) is 1.84. The standard InChI is InChI=1S/C10H16F4N2O2/c1-5(2)15-7-4-16(3-6(7)11)9(18)8(17)10(12,13)14/h5-8,15,17H,3-4H2,1-2H3/t6-,7?,8+/m0/s1. The lowest BCUT2D eigenvalue weighted by Gasteiger charge is -2.22. The molecular weight excluding hydrogens is 256 g/mol. The van der Waals surface area contributed by atoms with Crippen LogP contribution >= 0.6 is 0 Å². The Labute approximate surface area is 102 Å². The van der Waals surface area contributed by atoms with Gasteiger partial charge < -0.3 is 15.3 Å². The lowest BCUT2D eigenvalue weighted by atomic mass is 10.2. The van der Waals surface area contributed by atoms with E-state index in [-0.39, 0.29) is 12.6 Å². The van der Waals surface area contributed by atoms with Crippen molar-refractivity contribution in [2.45, 2.75) is 44.4 Å². The van der Waals surface area contributed by atoms with Crippen molar-refractivity contribution in [1.82, 2.24) is 10.2 Å². The van der Waals surface area contributed by atoms with Crippen LogP contribution in [-0.4, -0.2) is 59.5 Å². The maximum absolute atomic E-state index is 13.5. The molecule has 3 atom stereocenters. The molecule has 2 N–H and O–H groups in total. The highest BCUT2D eigenvalue weighted by atomic mass is 19.4. The number of halogens is 4. The van der Waals surface area contributed by atoms with Gasteiger partial charge in [-0.25, -0.2) is 4.39 Å². The van der Waals surface area contributed by atoms with Gasteiger partial charge in [0.2, 0.25) is 6.10 Å². The number of aliphatic hydroxyl groups excluding tert-OH is 1. The molecule has 1 aliphatic rings. The Morgan fingerprint density at radius 2 is 1.94 bits per heavy atom. The summed E-state index contributed by atoms with van der Waals surface area (Å²) in [4.78, 5) is 12.0. The molecule has 1 heterocycles. The summed E-state index contributed by atoms with van der Waals surface area (Å²) in [5, 5.41) is 11.6. The van der Waals surface area contributed by atoms with Gasteiger partial charge in [-0.05, 0) is 0 Å². The summed E-state index contributed by atoms with van der Waals surface area (Å²) in [6.45, 7) is 2.92. The molecule has 0 aliphatic carbocycles. The van der Waals surface area contributed by atoms with E-state index in [9.17, 15) is 22.4 Å². The number of rotatable bonds is 3. The Bertz CT molecular complexity index is 309. The molecule has 1 aliphatic heterocycles. The first-order valence-electron chi connectivity index (χ1n) is 5.56. The summed E-state index contributed by atoms with van der Waals surface area (Å²) < 4.78 is 50.0. The molecule has 1 saturated heterocycles. The summed E-state index contributed by atoms with van der Waals surface area (Å²) in [7, 11) is 0. The molecule has 18 heavy (non-hydrogen) atoms. The number of hydrogen-bond donors (Lipinski definition) is 2. The number of likely N-dealkylation sites (tertiary alicyclic amines) is 1. The Morgan fingerprint density at radius 3 is 2.39 bits per heavy atom. The first-order valence-corrected chi connectivity index (χ1v) is 5.56. The third-order valence-electron chi connectivity index (χ3n) is 2.65. The van der Waals surface area contributed by atoms with Crippen LogP contribution in [0.15, 0.2) is 0 Å². The maximum atomic E-state index is 13.5. The third-order valence-corrected chi connectivity index (χ3v) is 2.65. The predicted octanol–water partition coefficient (Wildman–Crippen LogP) is 0.456. The zero-order chi connectivity index (χ0) is 14.1. The van der Waals surface area contributed by atoms with Crippen LogP contribution < -0.4 is 5.32 Å². The summed E-state index contributed by atoms with van der Waals surface area (Å²) in [6.07, 6.45) is -9.54. The molecule has 1 fully saturated rings. The van der Waals surface area contributed by atoms with Gasteiger partial charge in [0.1, 0.15) is 6.17 Å². The van der Waals surface area contributed by atoms with Crippen LogP contribution in [0.2, 0.25) is 0 Å². The summed E-state index contributed by atoms with van der Waals surface area (Å²) in [5.41, 5.74) is 0. The number of nitrogens with one attached hydrogen (secondary N) is 1. The average Bonchev–Trinajstić information content (AvgIpc) is 2.56. The van der Waals surface area contributed by atoms with Crippen molar-refractivity contribution in [2.75, 3.05) is 13.1 Å². The highest BCUT2D eigenvalue weighted by Gasteiger charge is 2.48. The van der Waals surface area contributed by atoms with Gasteiger partial charge in [0.15, 0.2) is 0 Å². The minimum atomic E-state index is -5.02. The molecule has 1 amide bonds. The van der Waals surface area contributed by atoms with Gasteiger partial charge in [0.05, 0.1) is 12.6 Å². The highest BCUT2D eigenvalue weighted by molar-refractivity contribution is 5.81. The number of amides is 1. The normalized spacial score (nSPS) is 26.8. The summed E-state index contributed by atoms with van der Waals surface area (Å²) in [5.74, 6) is -1.50. The van der Waals surface area contributed by atoms with Crippen molar-refractivity contribution in [3.63, 3.8) is 0 Å². The first-order chi connectivity index (χ1) is 8.12. The molecule has 4 nitrogen and oxygen atoms in total. The summed E-state index contributed by atoms with van der Waals surface area (Å²) in [6, 6.07) is -0.745. The number of carbonyl (C=O) groups excluding carboxylic acids is 1. The van der Waals surface area contributed by atoms with Gasteiger partial charge in [-0.3, -0.25) is 4.79 Å². The Hall–Kier alpha value is -0.890. The van der Waals surface area contributed by atoms with Gasteiger partial charge in [-0.2, -0.15) is 13.2 Å². The van der Waals surface area contributed by atoms with Crippen LogP contribution in [0.4, 0.5) is 17.6 Å². The van der Waals surface area contributed by atoms with Crippen LogP contribution in [0.25, 0.3) is 0 Å². The van der Waals surface area contributed by atoms with E-state index < -0.39 is 36.9 Å². The van der Waals surface area contributed by atoms with Crippen LogP contribution in [0.3, 0.4) is 0 Å². The molecule has 1 unspecified atom stereocenters. The molecule has 0 radical (unpaired) electrons. The molecule has 0 bridgehead atoms. The van der Waals surface area contributed by atoms with E-state index in [1.807, 2.05) is 0 Å². The van der Waals surface area contributed by atoms with Crippen molar-refractivity contribution in [3.05, 3.63) is 0 Å². The average molecular weight is 272 g/mol. The van der Waals surface area contributed by atoms with Gasteiger partial charge in [0, 0.05) is 12.6 Å². The van der Waals surface area contributed by atoms with Crippen LogP contribution in [0.5, 0.6) is 0 Å². The largest absolute Gasteiger partial charge is 0.423 e. The Morgan fingerprint density at radius 1 is 1.39 bits per heavy atom. The smallest absolute Gasteiger partial charge is 0.376 e. The predicted molar refractivity (Wildman–Crippen MR) is 55.6 cm³/mol. The topological polar surface area (TPSA) is 52.6 Å². The SMILES string of the molecule is CC(C)NC1CN(C(=O)[C@@H](O)C(F)(F)F)C[C@@H]1F. The van der Waals surface area contributed by atoms with Crippen molar-refractivity contribution < 1.29 is 27.5 Å². The Balaban J connectivity index is 2.63. The van der Waals surface area contributed by atoms with E-state index in [0.717, 1.165) is 0 Å². The van der Waals surface area contributed by atoms with Crippen LogP contribution in [0, 0.1) is 0 Å². The molecule has 0 spiro atoms. The lowest BCUT2D eigenvalue weighted by Crippen LogP contribution is -2.47. The summed E-state index contributed by atoms with van der Waals surface area (Å²) >= 11 is 0. The molecule has 0 aromatic heterocycles. The number of aliphatic hydroxyl groups is 1. The minimum absolute atomic E-state index is 0.0455. The molecule has 1 rings (SSSR count). The second kappa shape index (κ2) is 5.40. The highest BCUT2D eigenvalue weighted by Crippen LogP contribution is 2.24. The van der Waals surface area contributed by atoms with Gasteiger partial charge in [-0.1, -0.05) is 13.8 Å². The van der Waals surface area contributed by atoms with Gasteiger partial charge >= 0.3 is 6.18 Å². The number of carbonyl (C=O) groups is 1. The monoisotopic (exact) mass is 272 g/mol. The zero-order valence-corrected chi connectivity index (χ0v) is 10.0. The molecule has 8 heteroatoms.